The molecule has 2 unspecified atom stereocenters. The number of likely N-dealkylation sites (tertiary alicyclic amines) is 1. The Balaban J connectivity index is 1.54. The highest BCUT2D eigenvalue weighted by Crippen LogP contribution is 2.52. The molecule has 1 aliphatic heterocycles. The van der Waals surface area contributed by atoms with Crippen molar-refractivity contribution in [2.45, 2.75) is 57.6 Å². The molecule has 3 saturated carbocycles. The Labute approximate surface area is 140 Å². The Bertz CT molecular complexity index is 507. The minimum absolute atomic E-state index is 0.231. The van der Waals surface area contributed by atoms with Gasteiger partial charge < -0.3 is 5.11 Å². The Morgan fingerprint density at radius 2 is 1.52 bits per heavy atom. The van der Waals surface area contributed by atoms with Gasteiger partial charge in [0.2, 0.25) is 0 Å². The standard InChI is InChI=1S/C21H31NO/c1-21(2,23)20(12-15-6-4-3-5-7-15)22-13-18-16-8-9-17(11-10-16)19(18)14-22/h3-7,16-20,23H,8-14H2,1-2H3/t16?,17?,18?,19?,20-/m0/s1. The van der Waals surface area contributed by atoms with Gasteiger partial charge in [-0.3, -0.25) is 4.90 Å². The van der Waals surface area contributed by atoms with Crippen molar-refractivity contribution < 1.29 is 5.11 Å². The van der Waals surface area contributed by atoms with Gasteiger partial charge in [0, 0.05) is 19.1 Å². The minimum Gasteiger partial charge on any atom is -0.389 e. The third kappa shape index (κ3) is 2.96. The van der Waals surface area contributed by atoms with Crippen molar-refractivity contribution in [3.05, 3.63) is 35.9 Å². The molecule has 2 bridgehead atoms. The largest absolute Gasteiger partial charge is 0.389 e. The van der Waals surface area contributed by atoms with Gasteiger partial charge in [-0.25, -0.2) is 0 Å². The molecule has 0 spiro atoms. The maximum Gasteiger partial charge on any atom is 0.0749 e. The zero-order valence-corrected chi connectivity index (χ0v) is 14.6. The van der Waals surface area contributed by atoms with Crippen LogP contribution in [0.15, 0.2) is 30.3 Å². The number of benzene rings is 1. The molecular formula is C21H31NO. The summed E-state index contributed by atoms with van der Waals surface area (Å²) in [4.78, 5) is 2.64. The van der Waals surface area contributed by atoms with Crippen LogP contribution in [0.4, 0.5) is 0 Å². The van der Waals surface area contributed by atoms with Gasteiger partial charge in [0.1, 0.15) is 0 Å². The van der Waals surface area contributed by atoms with Gasteiger partial charge in [0.05, 0.1) is 5.60 Å². The first-order valence-electron chi connectivity index (χ1n) is 9.52. The van der Waals surface area contributed by atoms with E-state index in [1.807, 2.05) is 13.8 Å². The second-order valence-corrected chi connectivity index (χ2v) is 8.82. The number of hydrogen-bond donors (Lipinski definition) is 1. The van der Waals surface area contributed by atoms with Crippen LogP contribution in [0.25, 0.3) is 0 Å². The van der Waals surface area contributed by atoms with Crippen molar-refractivity contribution in [3.63, 3.8) is 0 Å². The van der Waals surface area contributed by atoms with Gasteiger partial charge in [-0.05, 0) is 75.2 Å². The molecule has 1 heterocycles. The van der Waals surface area contributed by atoms with Crippen LogP contribution in [-0.2, 0) is 6.42 Å². The highest BCUT2D eigenvalue weighted by Gasteiger charge is 2.50. The lowest BCUT2D eigenvalue weighted by molar-refractivity contribution is -0.0138. The lowest BCUT2D eigenvalue weighted by Crippen LogP contribution is -2.50. The molecule has 23 heavy (non-hydrogen) atoms. The molecule has 3 atom stereocenters. The van der Waals surface area contributed by atoms with Crippen LogP contribution < -0.4 is 0 Å². The van der Waals surface area contributed by atoms with Gasteiger partial charge in [-0.15, -0.1) is 0 Å². The van der Waals surface area contributed by atoms with E-state index in [2.05, 4.69) is 35.2 Å². The van der Waals surface area contributed by atoms with Crippen LogP contribution in [0.5, 0.6) is 0 Å². The van der Waals surface area contributed by atoms with Crippen molar-refractivity contribution in [1.82, 2.24) is 4.90 Å². The van der Waals surface area contributed by atoms with Crippen molar-refractivity contribution in [1.29, 1.82) is 0 Å². The summed E-state index contributed by atoms with van der Waals surface area (Å²) in [7, 11) is 0. The fourth-order valence-electron chi connectivity index (χ4n) is 5.80. The third-order valence-corrected chi connectivity index (χ3v) is 7.00. The maximum absolute atomic E-state index is 10.8. The first-order valence-corrected chi connectivity index (χ1v) is 9.52. The van der Waals surface area contributed by atoms with Crippen LogP contribution in [0, 0.1) is 23.7 Å². The minimum atomic E-state index is -0.650. The van der Waals surface area contributed by atoms with E-state index in [9.17, 15) is 5.11 Å². The summed E-state index contributed by atoms with van der Waals surface area (Å²) in [5.74, 6) is 3.75. The lowest BCUT2D eigenvalue weighted by atomic mass is 9.60. The topological polar surface area (TPSA) is 23.5 Å². The summed E-state index contributed by atoms with van der Waals surface area (Å²) in [5.41, 5.74) is 0.694. The summed E-state index contributed by atoms with van der Waals surface area (Å²) >= 11 is 0. The van der Waals surface area contributed by atoms with Crippen molar-refractivity contribution in [2.24, 2.45) is 23.7 Å². The average molecular weight is 313 g/mol. The molecule has 2 nitrogen and oxygen atoms in total. The highest BCUT2D eigenvalue weighted by molar-refractivity contribution is 5.17. The first kappa shape index (κ1) is 15.7. The van der Waals surface area contributed by atoms with Gasteiger partial charge in [0.15, 0.2) is 0 Å². The summed E-state index contributed by atoms with van der Waals surface area (Å²) in [6.45, 7) is 6.43. The van der Waals surface area contributed by atoms with E-state index in [-0.39, 0.29) is 6.04 Å². The Morgan fingerprint density at radius 1 is 1.00 bits per heavy atom. The molecular weight excluding hydrogens is 282 g/mol. The summed E-state index contributed by atoms with van der Waals surface area (Å²) < 4.78 is 0. The molecule has 4 fully saturated rings. The third-order valence-electron chi connectivity index (χ3n) is 7.00. The lowest BCUT2D eigenvalue weighted by Gasteiger charge is -2.45. The zero-order chi connectivity index (χ0) is 16.0. The first-order chi connectivity index (χ1) is 11.0. The van der Waals surface area contributed by atoms with Gasteiger partial charge >= 0.3 is 0 Å². The van der Waals surface area contributed by atoms with Crippen molar-refractivity contribution in [3.8, 4) is 0 Å². The van der Waals surface area contributed by atoms with Crippen LogP contribution >= 0.6 is 0 Å². The normalized spacial score (nSPS) is 35.3. The molecule has 0 amide bonds. The molecule has 5 rings (SSSR count). The fraction of sp³-hybridized carbons (Fsp3) is 0.714. The predicted octanol–water partition coefficient (Wildman–Crippen LogP) is 3.74. The Kier molecular flexibility index (Phi) is 4.01. The SMILES string of the molecule is CC(C)(O)[C@H](Cc1ccccc1)N1CC2C3CCC(CC3)C2C1. The fourth-order valence-corrected chi connectivity index (χ4v) is 5.80. The molecule has 1 aromatic carbocycles. The van der Waals surface area contributed by atoms with Crippen molar-refractivity contribution in [2.75, 3.05) is 13.1 Å². The zero-order valence-electron chi connectivity index (χ0n) is 14.6. The summed E-state index contributed by atoms with van der Waals surface area (Å²) in [5, 5.41) is 10.8. The number of nitrogens with zero attached hydrogens (tertiary/aromatic N) is 1. The van der Waals surface area contributed by atoms with Crippen LogP contribution in [0.3, 0.4) is 0 Å². The molecule has 0 radical (unpaired) electrons. The van der Waals surface area contributed by atoms with Gasteiger partial charge in [-0.2, -0.15) is 0 Å². The van der Waals surface area contributed by atoms with Crippen LogP contribution in [0.1, 0.15) is 45.1 Å². The Hall–Kier alpha value is -0.860. The monoisotopic (exact) mass is 313 g/mol. The van der Waals surface area contributed by atoms with Crippen molar-refractivity contribution >= 4 is 0 Å². The van der Waals surface area contributed by atoms with Gasteiger partial charge in [-0.1, -0.05) is 30.3 Å². The highest BCUT2D eigenvalue weighted by atomic mass is 16.3. The maximum atomic E-state index is 10.8. The second kappa shape index (κ2) is 5.89. The van der Waals surface area contributed by atoms with E-state index in [0.29, 0.717) is 0 Å². The van der Waals surface area contributed by atoms with E-state index in [1.54, 1.807) is 0 Å². The smallest absolute Gasteiger partial charge is 0.0749 e. The predicted molar refractivity (Wildman–Crippen MR) is 94.2 cm³/mol. The second-order valence-electron chi connectivity index (χ2n) is 8.82. The summed E-state index contributed by atoms with van der Waals surface area (Å²) in [6.07, 6.45) is 6.81. The Morgan fingerprint density at radius 3 is 2.00 bits per heavy atom. The van der Waals surface area contributed by atoms with Crippen LogP contribution in [0.2, 0.25) is 0 Å². The van der Waals surface area contributed by atoms with E-state index in [1.165, 1.54) is 44.3 Å². The molecule has 1 N–H and O–H groups in total. The molecule has 0 aromatic heterocycles. The molecule has 3 aliphatic carbocycles. The van der Waals surface area contributed by atoms with E-state index in [4.69, 9.17) is 0 Å². The van der Waals surface area contributed by atoms with Gasteiger partial charge in [0.25, 0.3) is 0 Å². The van der Waals surface area contributed by atoms with E-state index >= 15 is 0 Å². The quantitative estimate of drug-likeness (QED) is 0.915. The number of fused-ring (bicyclic) bond motifs is 2. The molecule has 1 aromatic rings. The molecule has 2 heteroatoms. The molecule has 4 aliphatic rings. The molecule has 1 saturated heterocycles. The number of hydrogen-bond acceptors (Lipinski definition) is 2. The van der Waals surface area contributed by atoms with Crippen LogP contribution in [-0.4, -0.2) is 34.7 Å². The average Bonchev–Trinajstić information content (AvgIpc) is 3.00. The number of rotatable bonds is 4. The summed E-state index contributed by atoms with van der Waals surface area (Å²) in [6, 6.07) is 10.9. The molecule has 126 valence electrons. The van der Waals surface area contributed by atoms with E-state index in [0.717, 1.165) is 30.1 Å². The van der Waals surface area contributed by atoms with E-state index < -0.39 is 5.60 Å². The number of aliphatic hydroxyl groups is 1.